The molecular weight excluding hydrogens is 326 g/mol. The molecule has 1 heterocycles. The van der Waals surface area contributed by atoms with E-state index in [1.54, 1.807) is 36.4 Å². The molecule has 0 atom stereocenters. The molecule has 1 amide bonds. The number of hydrogen-bond donors (Lipinski definition) is 1. The third-order valence-corrected chi connectivity index (χ3v) is 4.52. The summed E-state index contributed by atoms with van der Waals surface area (Å²) >= 11 is 0. The topological polar surface area (TPSA) is 89.8 Å². The molecule has 1 saturated carbocycles. The number of carbonyl (C=O) groups excluding carboxylic acids is 1. The minimum Gasteiger partial charge on any atom is -0.457 e. The maximum atomic E-state index is 12.3. The Hall–Kier alpha value is -3.31. The van der Waals surface area contributed by atoms with Crippen molar-refractivity contribution in [2.45, 2.75) is 38.1 Å². The van der Waals surface area contributed by atoms with E-state index in [1.165, 1.54) is 12.5 Å². The van der Waals surface area contributed by atoms with Gasteiger partial charge in [0.15, 0.2) is 0 Å². The second-order valence-corrected chi connectivity index (χ2v) is 6.37. The Morgan fingerprint density at radius 1 is 1.08 bits per heavy atom. The third kappa shape index (κ3) is 4.20. The Labute approximate surface area is 152 Å². The van der Waals surface area contributed by atoms with Crippen LogP contribution in [0.25, 0.3) is 17.4 Å². The molecule has 26 heavy (non-hydrogen) atoms. The van der Waals surface area contributed by atoms with E-state index in [9.17, 15) is 10.1 Å². The van der Waals surface area contributed by atoms with Crippen molar-refractivity contribution in [1.82, 2.24) is 5.32 Å². The highest BCUT2D eigenvalue weighted by atomic mass is 16.3. The molecule has 3 rings (SSSR count). The molecule has 0 saturated heterocycles. The first-order chi connectivity index (χ1) is 12.7. The van der Waals surface area contributed by atoms with E-state index in [0.717, 1.165) is 31.2 Å². The van der Waals surface area contributed by atoms with E-state index in [0.29, 0.717) is 17.1 Å². The van der Waals surface area contributed by atoms with Crippen LogP contribution in [0, 0.1) is 22.7 Å². The molecule has 1 aromatic carbocycles. The van der Waals surface area contributed by atoms with E-state index in [1.807, 2.05) is 6.07 Å². The lowest BCUT2D eigenvalue weighted by molar-refractivity contribution is -0.117. The first-order valence-corrected chi connectivity index (χ1v) is 8.72. The van der Waals surface area contributed by atoms with Crippen molar-refractivity contribution >= 4 is 12.0 Å². The summed E-state index contributed by atoms with van der Waals surface area (Å²) in [4.78, 5) is 12.3. The average Bonchev–Trinajstić information content (AvgIpc) is 3.15. The van der Waals surface area contributed by atoms with Crippen LogP contribution >= 0.6 is 0 Å². The number of furan rings is 1. The van der Waals surface area contributed by atoms with Gasteiger partial charge in [0.1, 0.15) is 23.2 Å². The maximum Gasteiger partial charge on any atom is 0.262 e. The van der Waals surface area contributed by atoms with E-state index < -0.39 is 0 Å². The van der Waals surface area contributed by atoms with Crippen molar-refractivity contribution in [3.05, 3.63) is 53.3 Å². The first-order valence-electron chi connectivity index (χ1n) is 8.72. The smallest absolute Gasteiger partial charge is 0.262 e. The zero-order valence-corrected chi connectivity index (χ0v) is 14.4. The van der Waals surface area contributed by atoms with Crippen LogP contribution in [-0.2, 0) is 4.79 Å². The zero-order chi connectivity index (χ0) is 18.4. The van der Waals surface area contributed by atoms with Gasteiger partial charge in [0.2, 0.25) is 0 Å². The summed E-state index contributed by atoms with van der Waals surface area (Å²) in [5.74, 6) is 0.709. The van der Waals surface area contributed by atoms with Crippen LogP contribution in [0.2, 0.25) is 0 Å². The van der Waals surface area contributed by atoms with Gasteiger partial charge in [-0.25, -0.2) is 0 Å². The van der Waals surface area contributed by atoms with Crippen LogP contribution in [0.5, 0.6) is 0 Å². The fraction of sp³-hybridized carbons (Fsp3) is 0.286. The SMILES string of the molecule is N#CC(=Cc1ccc(-c2ccc(C#N)cc2)o1)C(=O)NC1CCCCC1. The molecular formula is C21H19N3O2. The molecule has 5 nitrogen and oxygen atoms in total. The van der Waals surface area contributed by atoms with Gasteiger partial charge in [-0.2, -0.15) is 10.5 Å². The number of nitrogens with one attached hydrogen (secondary N) is 1. The van der Waals surface area contributed by atoms with Crippen LogP contribution in [0.4, 0.5) is 0 Å². The largest absolute Gasteiger partial charge is 0.457 e. The molecule has 0 aliphatic heterocycles. The molecule has 0 spiro atoms. The van der Waals surface area contributed by atoms with Crippen LogP contribution in [0.1, 0.15) is 43.4 Å². The molecule has 0 radical (unpaired) electrons. The second kappa shape index (κ2) is 8.18. The minimum atomic E-state index is -0.351. The summed E-state index contributed by atoms with van der Waals surface area (Å²) in [6.07, 6.45) is 6.83. The first kappa shape index (κ1) is 17.5. The quantitative estimate of drug-likeness (QED) is 0.665. The van der Waals surface area contributed by atoms with Gasteiger partial charge in [0, 0.05) is 17.7 Å². The van der Waals surface area contributed by atoms with Gasteiger partial charge in [0.05, 0.1) is 11.6 Å². The molecule has 1 aliphatic rings. The van der Waals surface area contributed by atoms with Gasteiger partial charge in [-0.3, -0.25) is 4.79 Å². The Balaban J connectivity index is 1.73. The molecule has 1 aromatic heterocycles. The molecule has 1 fully saturated rings. The summed E-state index contributed by atoms with van der Waals surface area (Å²) in [6, 6.07) is 14.7. The lowest BCUT2D eigenvalue weighted by Crippen LogP contribution is -2.36. The lowest BCUT2D eigenvalue weighted by atomic mass is 9.95. The molecule has 0 bridgehead atoms. The fourth-order valence-electron chi connectivity index (χ4n) is 3.10. The molecule has 0 unspecified atom stereocenters. The molecule has 1 N–H and O–H groups in total. The maximum absolute atomic E-state index is 12.3. The third-order valence-electron chi connectivity index (χ3n) is 4.52. The van der Waals surface area contributed by atoms with E-state index in [-0.39, 0.29) is 17.5 Å². The van der Waals surface area contributed by atoms with Gasteiger partial charge in [-0.15, -0.1) is 0 Å². The van der Waals surface area contributed by atoms with Crippen molar-refractivity contribution in [3.63, 3.8) is 0 Å². The molecule has 130 valence electrons. The summed E-state index contributed by atoms with van der Waals surface area (Å²) in [6.45, 7) is 0. The number of rotatable bonds is 4. The van der Waals surface area contributed by atoms with Crippen LogP contribution in [0.15, 0.2) is 46.4 Å². The number of hydrogen-bond acceptors (Lipinski definition) is 4. The van der Waals surface area contributed by atoms with Gasteiger partial charge >= 0.3 is 0 Å². The summed E-state index contributed by atoms with van der Waals surface area (Å²) in [5.41, 5.74) is 1.44. The van der Waals surface area contributed by atoms with Crippen LogP contribution < -0.4 is 5.32 Å². The van der Waals surface area contributed by atoms with Crippen LogP contribution in [-0.4, -0.2) is 11.9 Å². The summed E-state index contributed by atoms with van der Waals surface area (Å²) in [5, 5.41) is 21.1. The number of carbonyl (C=O) groups is 1. The number of nitriles is 2. The van der Waals surface area contributed by atoms with Crippen molar-refractivity contribution in [2.75, 3.05) is 0 Å². The Morgan fingerprint density at radius 3 is 2.46 bits per heavy atom. The second-order valence-electron chi connectivity index (χ2n) is 6.37. The van der Waals surface area contributed by atoms with E-state index >= 15 is 0 Å². The minimum absolute atomic E-state index is 0.0382. The van der Waals surface area contributed by atoms with Crippen molar-refractivity contribution in [2.24, 2.45) is 0 Å². The summed E-state index contributed by atoms with van der Waals surface area (Å²) in [7, 11) is 0. The van der Waals surface area contributed by atoms with Gasteiger partial charge in [0.25, 0.3) is 5.91 Å². The molecule has 2 aromatic rings. The highest BCUT2D eigenvalue weighted by molar-refractivity contribution is 6.01. The Kier molecular flexibility index (Phi) is 5.51. The Bertz CT molecular complexity index is 889. The zero-order valence-electron chi connectivity index (χ0n) is 14.4. The average molecular weight is 345 g/mol. The lowest BCUT2D eigenvalue weighted by Gasteiger charge is -2.22. The molecule has 5 heteroatoms. The molecule has 1 aliphatic carbocycles. The van der Waals surface area contributed by atoms with Crippen molar-refractivity contribution < 1.29 is 9.21 Å². The predicted octanol–water partition coefficient (Wildman–Crippen LogP) is 4.17. The number of nitrogens with zero attached hydrogens (tertiary/aromatic N) is 2. The highest BCUT2D eigenvalue weighted by Crippen LogP contribution is 2.24. The number of benzene rings is 1. The van der Waals surface area contributed by atoms with E-state index in [4.69, 9.17) is 9.68 Å². The Morgan fingerprint density at radius 2 is 1.81 bits per heavy atom. The monoisotopic (exact) mass is 345 g/mol. The van der Waals surface area contributed by atoms with E-state index in [2.05, 4.69) is 11.4 Å². The predicted molar refractivity (Wildman–Crippen MR) is 97.5 cm³/mol. The summed E-state index contributed by atoms with van der Waals surface area (Å²) < 4.78 is 5.73. The van der Waals surface area contributed by atoms with Gasteiger partial charge in [-0.1, -0.05) is 19.3 Å². The number of amides is 1. The van der Waals surface area contributed by atoms with Crippen LogP contribution in [0.3, 0.4) is 0 Å². The normalized spacial score (nSPS) is 15.1. The standard InChI is InChI=1S/C21H19N3O2/c22-13-15-6-8-16(9-7-15)20-11-10-19(26-20)12-17(14-23)21(25)24-18-4-2-1-3-5-18/h6-12,18H,1-5H2,(H,24,25). The van der Waals surface area contributed by atoms with Gasteiger partial charge in [-0.05, 0) is 49.2 Å². The fourth-order valence-corrected chi connectivity index (χ4v) is 3.10. The van der Waals surface area contributed by atoms with Gasteiger partial charge < -0.3 is 9.73 Å². The van der Waals surface area contributed by atoms with Crippen molar-refractivity contribution in [3.8, 4) is 23.5 Å². The van der Waals surface area contributed by atoms with Crippen molar-refractivity contribution in [1.29, 1.82) is 10.5 Å². The highest BCUT2D eigenvalue weighted by Gasteiger charge is 2.18.